The molecule has 158 valence electrons. The molecule has 0 atom stereocenters. The third-order valence-electron chi connectivity index (χ3n) is 5.60. The van der Waals surface area contributed by atoms with Crippen molar-refractivity contribution in [1.29, 1.82) is 0 Å². The zero-order valence-electron chi connectivity index (χ0n) is 17.0. The standard InChI is InChI=1S/C20H25N7O3/c1-22-17-10-16(25-19-14(18(21)28)11-23-27(17)19)24-15-4-3-9-26(20(15)29)12-5-7-13(30-2)8-6-12/h3-4,9-13,22H,5-8H2,1-2H3,(H2,21,28)(H,24,25)/t12-,13-. The van der Waals surface area contributed by atoms with Crippen LogP contribution in [-0.2, 0) is 4.74 Å². The molecule has 30 heavy (non-hydrogen) atoms. The van der Waals surface area contributed by atoms with Gasteiger partial charge in [0, 0.05) is 32.5 Å². The number of aromatic nitrogens is 4. The Morgan fingerprint density at radius 1 is 1.30 bits per heavy atom. The number of primary amides is 1. The fourth-order valence-corrected chi connectivity index (χ4v) is 3.97. The number of fused-ring (bicyclic) bond motifs is 1. The van der Waals surface area contributed by atoms with Gasteiger partial charge in [0.2, 0.25) is 0 Å². The van der Waals surface area contributed by atoms with E-state index in [1.807, 2.05) is 12.3 Å². The minimum absolute atomic E-state index is 0.116. The number of rotatable bonds is 6. The number of methoxy groups -OCH3 is 1. The molecular formula is C20H25N7O3. The van der Waals surface area contributed by atoms with E-state index in [4.69, 9.17) is 10.5 Å². The van der Waals surface area contributed by atoms with E-state index in [2.05, 4.69) is 20.7 Å². The molecule has 4 N–H and O–H groups in total. The Bertz CT molecular complexity index is 1130. The van der Waals surface area contributed by atoms with Crippen LogP contribution in [0, 0.1) is 0 Å². The van der Waals surface area contributed by atoms with Gasteiger partial charge in [-0.15, -0.1) is 0 Å². The molecule has 1 fully saturated rings. The van der Waals surface area contributed by atoms with Crippen LogP contribution in [0.4, 0.5) is 17.3 Å². The molecule has 1 aliphatic rings. The minimum atomic E-state index is -0.620. The number of hydrogen-bond donors (Lipinski definition) is 3. The summed E-state index contributed by atoms with van der Waals surface area (Å²) in [7, 11) is 3.46. The van der Waals surface area contributed by atoms with Crippen LogP contribution in [0.15, 0.2) is 35.4 Å². The second-order valence-corrected chi connectivity index (χ2v) is 7.36. The fourth-order valence-electron chi connectivity index (χ4n) is 3.97. The number of pyridine rings is 1. The highest BCUT2D eigenvalue weighted by Gasteiger charge is 2.23. The lowest BCUT2D eigenvalue weighted by Crippen LogP contribution is -2.30. The first kappa shape index (κ1) is 19.9. The van der Waals surface area contributed by atoms with Gasteiger partial charge in [-0.1, -0.05) is 0 Å². The molecule has 10 nitrogen and oxygen atoms in total. The number of anilines is 3. The molecule has 1 saturated carbocycles. The minimum Gasteiger partial charge on any atom is -0.381 e. The van der Waals surface area contributed by atoms with Crippen LogP contribution in [0.25, 0.3) is 5.65 Å². The largest absolute Gasteiger partial charge is 0.381 e. The molecule has 0 radical (unpaired) electrons. The van der Waals surface area contributed by atoms with Crippen molar-refractivity contribution < 1.29 is 9.53 Å². The number of amides is 1. The van der Waals surface area contributed by atoms with Crippen molar-refractivity contribution in [2.75, 3.05) is 24.8 Å². The molecule has 0 bridgehead atoms. The van der Waals surface area contributed by atoms with Gasteiger partial charge in [-0.25, -0.2) is 4.98 Å². The molecular weight excluding hydrogens is 386 g/mol. The fraction of sp³-hybridized carbons (Fsp3) is 0.400. The number of nitrogens with zero attached hydrogens (tertiary/aromatic N) is 4. The maximum atomic E-state index is 13.1. The lowest BCUT2D eigenvalue weighted by molar-refractivity contribution is 0.0580. The van der Waals surface area contributed by atoms with Crippen molar-refractivity contribution in [3.05, 3.63) is 46.5 Å². The van der Waals surface area contributed by atoms with Crippen LogP contribution in [-0.4, -0.2) is 45.3 Å². The van der Waals surface area contributed by atoms with Crippen LogP contribution in [0.1, 0.15) is 42.1 Å². The van der Waals surface area contributed by atoms with Crippen molar-refractivity contribution in [2.24, 2.45) is 5.73 Å². The summed E-state index contributed by atoms with van der Waals surface area (Å²) in [4.78, 5) is 29.2. The van der Waals surface area contributed by atoms with E-state index in [0.29, 0.717) is 23.0 Å². The van der Waals surface area contributed by atoms with Gasteiger partial charge >= 0.3 is 0 Å². The van der Waals surface area contributed by atoms with E-state index in [0.717, 1.165) is 25.7 Å². The van der Waals surface area contributed by atoms with E-state index < -0.39 is 5.91 Å². The molecule has 0 unspecified atom stereocenters. The summed E-state index contributed by atoms with van der Waals surface area (Å²) in [5.74, 6) is 0.391. The van der Waals surface area contributed by atoms with Gasteiger partial charge in [0.05, 0.1) is 12.3 Å². The maximum Gasteiger partial charge on any atom is 0.274 e. The maximum absolute atomic E-state index is 13.1. The van der Waals surface area contributed by atoms with Crippen molar-refractivity contribution in [1.82, 2.24) is 19.2 Å². The molecule has 10 heteroatoms. The van der Waals surface area contributed by atoms with E-state index in [9.17, 15) is 9.59 Å². The summed E-state index contributed by atoms with van der Waals surface area (Å²) in [5, 5.41) is 10.3. The number of carbonyl (C=O) groups excluding carboxylic acids is 1. The number of nitrogens with one attached hydrogen (secondary N) is 2. The van der Waals surface area contributed by atoms with Gasteiger partial charge in [0.15, 0.2) is 5.65 Å². The van der Waals surface area contributed by atoms with E-state index in [-0.39, 0.29) is 23.3 Å². The molecule has 1 amide bonds. The molecule has 3 aromatic heterocycles. The third-order valence-corrected chi connectivity index (χ3v) is 5.60. The number of ether oxygens (including phenoxy) is 1. The summed E-state index contributed by atoms with van der Waals surface area (Å²) >= 11 is 0. The summed E-state index contributed by atoms with van der Waals surface area (Å²) in [5.41, 5.74) is 6.24. The third kappa shape index (κ3) is 3.61. The van der Waals surface area contributed by atoms with Crippen molar-refractivity contribution in [3.63, 3.8) is 0 Å². The van der Waals surface area contributed by atoms with Gasteiger partial charge in [0.1, 0.15) is 22.9 Å². The first-order chi connectivity index (χ1) is 14.5. The highest BCUT2D eigenvalue weighted by atomic mass is 16.5. The first-order valence-corrected chi connectivity index (χ1v) is 9.89. The molecule has 0 aromatic carbocycles. The molecule has 0 aliphatic heterocycles. The Labute approximate surface area is 173 Å². The predicted molar refractivity (Wildman–Crippen MR) is 113 cm³/mol. The summed E-state index contributed by atoms with van der Waals surface area (Å²) in [6.45, 7) is 0. The molecule has 4 rings (SSSR count). The van der Waals surface area contributed by atoms with E-state index in [1.54, 1.807) is 30.9 Å². The monoisotopic (exact) mass is 411 g/mol. The zero-order chi connectivity index (χ0) is 21.3. The van der Waals surface area contributed by atoms with Crippen LogP contribution >= 0.6 is 0 Å². The van der Waals surface area contributed by atoms with Gasteiger partial charge in [0.25, 0.3) is 11.5 Å². The average Bonchev–Trinajstić information content (AvgIpc) is 3.19. The Balaban J connectivity index is 1.66. The van der Waals surface area contributed by atoms with Gasteiger partial charge in [-0.3, -0.25) is 9.59 Å². The van der Waals surface area contributed by atoms with E-state index in [1.165, 1.54) is 10.7 Å². The highest BCUT2D eigenvalue weighted by Crippen LogP contribution is 2.29. The van der Waals surface area contributed by atoms with Crippen LogP contribution in [0.5, 0.6) is 0 Å². The summed E-state index contributed by atoms with van der Waals surface area (Å²) in [6, 6.07) is 5.42. The second kappa shape index (κ2) is 8.15. The Morgan fingerprint density at radius 2 is 2.07 bits per heavy atom. The topological polar surface area (TPSA) is 129 Å². The highest BCUT2D eigenvalue weighted by molar-refractivity contribution is 5.98. The molecule has 0 saturated heterocycles. The van der Waals surface area contributed by atoms with Crippen molar-refractivity contribution in [2.45, 2.75) is 37.8 Å². The number of nitrogens with two attached hydrogens (primary N) is 1. The van der Waals surface area contributed by atoms with Crippen molar-refractivity contribution in [3.8, 4) is 0 Å². The van der Waals surface area contributed by atoms with Gasteiger partial charge in [-0.2, -0.15) is 9.61 Å². The Morgan fingerprint density at radius 3 is 2.73 bits per heavy atom. The second-order valence-electron chi connectivity index (χ2n) is 7.36. The zero-order valence-corrected chi connectivity index (χ0v) is 17.0. The SMILES string of the molecule is CNc1cc(Nc2cccn([C@H]3CC[C@H](OC)CC3)c2=O)nc2c(C(N)=O)cnn12. The first-order valence-electron chi connectivity index (χ1n) is 9.89. The molecule has 0 spiro atoms. The van der Waals surface area contributed by atoms with Gasteiger partial charge in [-0.05, 0) is 37.8 Å². The van der Waals surface area contributed by atoms with Crippen LogP contribution in [0.2, 0.25) is 0 Å². The smallest absolute Gasteiger partial charge is 0.274 e. The quantitative estimate of drug-likeness (QED) is 0.565. The lowest BCUT2D eigenvalue weighted by atomic mass is 9.92. The Hall–Kier alpha value is -3.40. The molecule has 1 aliphatic carbocycles. The van der Waals surface area contributed by atoms with Crippen LogP contribution < -0.4 is 21.9 Å². The van der Waals surface area contributed by atoms with E-state index >= 15 is 0 Å². The number of hydrogen-bond acceptors (Lipinski definition) is 7. The lowest BCUT2D eigenvalue weighted by Gasteiger charge is -2.29. The van der Waals surface area contributed by atoms with Crippen LogP contribution in [0.3, 0.4) is 0 Å². The average molecular weight is 411 g/mol. The Kier molecular flexibility index (Phi) is 5.40. The summed E-state index contributed by atoms with van der Waals surface area (Å²) in [6.07, 6.45) is 7.13. The summed E-state index contributed by atoms with van der Waals surface area (Å²) < 4.78 is 8.70. The molecule has 3 heterocycles. The predicted octanol–water partition coefficient (Wildman–Crippen LogP) is 1.91. The number of carbonyl (C=O) groups is 1. The molecule has 3 aromatic rings. The van der Waals surface area contributed by atoms with Gasteiger partial charge < -0.3 is 25.7 Å². The van der Waals surface area contributed by atoms with Crippen molar-refractivity contribution >= 4 is 28.9 Å². The normalized spacial score (nSPS) is 19.0.